The van der Waals surface area contributed by atoms with E-state index in [1.807, 2.05) is 54.6 Å². The van der Waals surface area contributed by atoms with Crippen LogP contribution in [0.5, 0.6) is 0 Å². The molecule has 0 spiro atoms. The summed E-state index contributed by atoms with van der Waals surface area (Å²) in [4.78, 5) is 19.2. The van der Waals surface area contributed by atoms with E-state index in [1.165, 1.54) is 12.8 Å². The van der Waals surface area contributed by atoms with Crippen LogP contribution in [0.25, 0.3) is 23.1 Å². The minimum absolute atomic E-state index is 0.0273. The van der Waals surface area contributed by atoms with E-state index in [9.17, 15) is 4.79 Å². The molecule has 3 aliphatic heterocycles. The fraction of sp³-hybridized carbons (Fsp3) is 0.292. The Morgan fingerprint density at radius 2 is 1.90 bits per heavy atom. The number of piperidine rings is 3. The van der Waals surface area contributed by atoms with Gasteiger partial charge in [-0.05, 0) is 61.7 Å². The number of aromatic amines is 1. The fourth-order valence-electron chi connectivity index (χ4n) is 4.73. The summed E-state index contributed by atoms with van der Waals surface area (Å²) in [6.07, 6.45) is 6.26. The number of fused-ring (bicyclic) bond motifs is 4. The third kappa shape index (κ3) is 3.80. The summed E-state index contributed by atoms with van der Waals surface area (Å²) in [5.41, 5.74) is 4.00. The van der Waals surface area contributed by atoms with Crippen LogP contribution in [-0.4, -0.2) is 49.3 Å². The number of H-pyrrole nitrogens is 1. The molecule has 2 N–H and O–H groups in total. The highest BCUT2D eigenvalue weighted by Gasteiger charge is 2.35. The number of hydrogen-bond acceptors (Lipinski definition) is 2. The maximum Gasteiger partial charge on any atom is 0.254 e. The van der Waals surface area contributed by atoms with E-state index in [0.717, 1.165) is 41.8 Å². The number of aromatic nitrogens is 1. The minimum Gasteiger partial charge on any atom is -0.354 e. The normalized spacial score (nSPS) is 23.3. The lowest BCUT2D eigenvalue weighted by molar-refractivity contribution is 0.0621. The first-order chi connectivity index (χ1) is 14.6. The maximum absolute atomic E-state index is 13.4. The monoisotopic (exact) mass is 415 g/mol. The van der Waals surface area contributed by atoms with Crippen LogP contribution in [0.2, 0.25) is 5.02 Å². The second-order valence-corrected chi connectivity index (χ2v) is 8.76. The number of nitrogens with zero attached hydrogens (tertiary/aromatic N) is 1. The van der Waals surface area contributed by atoms with E-state index in [1.54, 1.807) is 0 Å². The Hall–Kier alpha value is -2.50. The van der Waals surface area contributed by atoms with E-state index in [-0.39, 0.29) is 11.9 Å². The molecule has 1 atom stereocenters. The zero-order valence-electron chi connectivity index (χ0n) is 16.7. The van der Waals surface area contributed by atoms with Gasteiger partial charge in [-0.2, -0.15) is 0 Å². The van der Waals surface area contributed by atoms with Crippen LogP contribution in [-0.2, 0) is 0 Å². The second-order valence-electron chi connectivity index (χ2n) is 8.32. The Labute approximate surface area is 182 Å². The van der Waals surface area contributed by atoms with Crippen molar-refractivity contribution in [2.24, 2.45) is 5.92 Å². The number of carbonyl (C=O) groups excluding carboxylic acids is 1. The van der Waals surface area contributed by atoms with Crippen LogP contribution in [0, 0.1) is 5.92 Å². The lowest BCUT2D eigenvalue weighted by Crippen LogP contribution is -2.57. The molecule has 4 heterocycles. The molecular weight excluding hydrogens is 393 g/mol. The molecule has 2 radical (unpaired) electrons. The van der Waals surface area contributed by atoms with E-state index in [2.05, 4.69) is 15.2 Å². The van der Waals surface area contributed by atoms with E-state index in [0.29, 0.717) is 22.0 Å². The van der Waals surface area contributed by atoms with Crippen LogP contribution in [0.3, 0.4) is 0 Å². The lowest BCUT2D eigenvalue weighted by Gasteiger charge is -2.44. The van der Waals surface area contributed by atoms with Crippen LogP contribution in [0.4, 0.5) is 0 Å². The van der Waals surface area contributed by atoms with Crippen LogP contribution < -0.4 is 10.8 Å². The summed E-state index contributed by atoms with van der Waals surface area (Å²) in [5.74, 6) is 0.549. The van der Waals surface area contributed by atoms with Crippen molar-refractivity contribution in [2.45, 2.75) is 18.9 Å². The van der Waals surface area contributed by atoms with Gasteiger partial charge in [-0.1, -0.05) is 47.4 Å². The van der Waals surface area contributed by atoms with Crippen molar-refractivity contribution >= 4 is 53.9 Å². The summed E-state index contributed by atoms with van der Waals surface area (Å²) >= 11 is 5.98. The van der Waals surface area contributed by atoms with Crippen LogP contribution >= 0.6 is 11.6 Å². The SMILES string of the molecule is [B]c1ccc2c(C(=O)NC3CN4CCC3CC4)c(/C=C/c3ccc(Cl)cc3)[nH]c2c1. The van der Waals surface area contributed by atoms with Crippen molar-refractivity contribution in [1.82, 2.24) is 15.2 Å². The van der Waals surface area contributed by atoms with E-state index < -0.39 is 0 Å². The number of amides is 1. The number of carbonyl (C=O) groups is 1. The molecule has 2 aromatic carbocycles. The zero-order chi connectivity index (χ0) is 20.7. The Morgan fingerprint density at radius 3 is 2.60 bits per heavy atom. The molecule has 0 aliphatic carbocycles. The summed E-state index contributed by atoms with van der Waals surface area (Å²) < 4.78 is 0. The molecule has 1 amide bonds. The molecule has 6 heteroatoms. The standard InChI is InChI=1S/C24H23BClN3O/c25-17-4-7-19-21(13-17)27-20(8-3-15-1-5-18(26)6-2-15)23(19)24(30)28-22-14-29-11-9-16(22)10-12-29/h1-8,13,16,22,27H,9-12,14H2,(H,28,30)/b8-3+. The highest BCUT2D eigenvalue weighted by atomic mass is 35.5. The minimum atomic E-state index is -0.0273. The summed E-state index contributed by atoms with van der Waals surface area (Å²) in [7, 11) is 5.97. The summed E-state index contributed by atoms with van der Waals surface area (Å²) in [6.45, 7) is 3.25. The zero-order valence-corrected chi connectivity index (χ0v) is 17.5. The number of halogens is 1. The third-order valence-electron chi connectivity index (χ3n) is 6.36. The average Bonchev–Trinajstić information content (AvgIpc) is 3.11. The van der Waals surface area contributed by atoms with Gasteiger partial charge >= 0.3 is 0 Å². The highest BCUT2D eigenvalue weighted by molar-refractivity contribution is 6.33. The van der Waals surface area contributed by atoms with E-state index in [4.69, 9.17) is 19.4 Å². The number of nitrogens with one attached hydrogen (secondary N) is 2. The topological polar surface area (TPSA) is 48.1 Å². The van der Waals surface area contributed by atoms with Gasteiger partial charge in [0.25, 0.3) is 5.91 Å². The molecule has 6 rings (SSSR count). The van der Waals surface area contributed by atoms with Crippen LogP contribution in [0.1, 0.15) is 34.5 Å². The largest absolute Gasteiger partial charge is 0.354 e. The van der Waals surface area contributed by atoms with Gasteiger partial charge in [0.1, 0.15) is 7.85 Å². The molecule has 2 bridgehead atoms. The summed E-state index contributed by atoms with van der Waals surface area (Å²) in [5, 5.41) is 4.91. The van der Waals surface area contributed by atoms with Crippen molar-refractivity contribution in [2.75, 3.05) is 19.6 Å². The predicted octanol–water partition coefficient (Wildman–Crippen LogP) is 3.61. The quantitative estimate of drug-likeness (QED) is 0.640. The molecular formula is C24H23BClN3O. The molecule has 1 aromatic heterocycles. The molecule has 150 valence electrons. The van der Waals surface area contributed by atoms with Gasteiger partial charge in [0.2, 0.25) is 0 Å². The molecule has 1 unspecified atom stereocenters. The predicted molar refractivity (Wildman–Crippen MR) is 124 cm³/mol. The molecule has 3 saturated heterocycles. The first-order valence-electron chi connectivity index (χ1n) is 10.4. The van der Waals surface area contributed by atoms with Crippen molar-refractivity contribution < 1.29 is 4.79 Å². The van der Waals surface area contributed by atoms with Gasteiger partial charge in [0, 0.05) is 28.5 Å². The molecule has 0 saturated carbocycles. The Kier molecular flexibility index (Phi) is 5.17. The van der Waals surface area contributed by atoms with Gasteiger partial charge in [0.05, 0.1) is 11.3 Å². The van der Waals surface area contributed by atoms with Gasteiger partial charge in [-0.15, -0.1) is 0 Å². The molecule has 3 aromatic rings. The lowest BCUT2D eigenvalue weighted by atomic mass is 9.84. The fourth-order valence-corrected chi connectivity index (χ4v) is 4.85. The van der Waals surface area contributed by atoms with Crippen molar-refractivity contribution in [3.05, 3.63) is 64.3 Å². The van der Waals surface area contributed by atoms with Crippen molar-refractivity contribution in [3.63, 3.8) is 0 Å². The second kappa shape index (κ2) is 7.97. The smallest absolute Gasteiger partial charge is 0.254 e. The van der Waals surface area contributed by atoms with Gasteiger partial charge in [-0.25, -0.2) is 0 Å². The van der Waals surface area contributed by atoms with E-state index >= 15 is 0 Å². The molecule has 3 aliphatic rings. The van der Waals surface area contributed by atoms with Crippen LogP contribution in [0.15, 0.2) is 42.5 Å². The first kappa shape index (κ1) is 19.5. The number of rotatable bonds is 4. The third-order valence-corrected chi connectivity index (χ3v) is 6.62. The Balaban J connectivity index is 1.48. The maximum atomic E-state index is 13.4. The molecule has 4 nitrogen and oxygen atoms in total. The Morgan fingerprint density at radius 1 is 1.13 bits per heavy atom. The average molecular weight is 416 g/mol. The van der Waals surface area contributed by atoms with Crippen molar-refractivity contribution in [3.8, 4) is 0 Å². The Bertz CT molecular complexity index is 1110. The van der Waals surface area contributed by atoms with Crippen molar-refractivity contribution in [1.29, 1.82) is 0 Å². The summed E-state index contributed by atoms with van der Waals surface area (Å²) in [6, 6.07) is 13.5. The van der Waals surface area contributed by atoms with Gasteiger partial charge < -0.3 is 15.2 Å². The number of hydrogen-bond donors (Lipinski definition) is 2. The van der Waals surface area contributed by atoms with Gasteiger partial charge in [-0.3, -0.25) is 4.79 Å². The molecule has 30 heavy (non-hydrogen) atoms. The number of benzene rings is 2. The highest BCUT2D eigenvalue weighted by Crippen LogP contribution is 2.29. The van der Waals surface area contributed by atoms with Gasteiger partial charge in [0.15, 0.2) is 0 Å². The first-order valence-corrected chi connectivity index (χ1v) is 10.8. The molecule has 3 fully saturated rings.